The van der Waals surface area contributed by atoms with Gasteiger partial charge in [-0.15, -0.1) is 0 Å². The number of hydrogen-bond donors (Lipinski definition) is 2. The van der Waals surface area contributed by atoms with Gasteiger partial charge in [0.05, 0.1) is 5.56 Å². The summed E-state index contributed by atoms with van der Waals surface area (Å²) in [6, 6.07) is 4.39. The van der Waals surface area contributed by atoms with E-state index < -0.39 is 5.97 Å². The van der Waals surface area contributed by atoms with Crippen LogP contribution < -0.4 is 0 Å². The van der Waals surface area contributed by atoms with Crippen LogP contribution in [0.25, 0.3) is 11.3 Å². The van der Waals surface area contributed by atoms with Gasteiger partial charge in [0, 0.05) is 11.1 Å². The van der Waals surface area contributed by atoms with E-state index in [4.69, 9.17) is 21.2 Å². The minimum Gasteiger partial charge on any atom is -0.507 e. The van der Waals surface area contributed by atoms with E-state index in [1.54, 1.807) is 6.07 Å². The van der Waals surface area contributed by atoms with E-state index in [9.17, 15) is 9.90 Å². The molecule has 5 nitrogen and oxygen atoms in total. The van der Waals surface area contributed by atoms with E-state index in [2.05, 4.69) is 5.16 Å². The second-order valence-corrected chi connectivity index (χ2v) is 4.13. The number of phenolic OH excluding ortho intramolecular Hbond substituents is 1. The Morgan fingerprint density at radius 2 is 2.17 bits per heavy atom. The maximum Gasteiger partial charge on any atom is 0.358 e. The van der Waals surface area contributed by atoms with Crippen LogP contribution in [0.1, 0.15) is 23.0 Å². The Bertz CT molecular complexity index is 606. The number of rotatable bonds is 3. The quantitative estimate of drug-likeness (QED) is 0.893. The molecule has 0 aliphatic heterocycles. The number of aromatic hydroxyl groups is 1. The lowest BCUT2D eigenvalue weighted by molar-refractivity contribution is 0.0686. The number of carbonyl (C=O) groups is 1. The molecule has 0 bridgehead atoms. The van der Waals surface area contributed by atoms with Crippen LogP contribution >= 0.6 is 11.6 Å². The highest BCUT2D eigenvalue weighted by Gasteiger charge is 2.17. The van der Waals surface area contributed by atoms with Crippen LogP contribution in [0.2, 0.25) is 5.02 Å². The Hall–Kier alpha value is -2.01. The van der Waals surface area contributed by atoms with Gasteiger partial charge < -0.3 is 14.7 Å². The first-order valence-electron chi connectivity index (χ1n) is 5.24. The average molecular weight is 268 g/mol. The largest absolute Gasteiger partial charge is 0.507 e. The van der Waals surface area contributed by atoms with E-state index in [-0.39, 0.29) is 17.2 Å². The van der Waals surface area contributed by atoms with Crippen molar-refractivity contribution in [3.63, 3.8) is 0 Å². The normalized spacial score (nSPS) is 10.6. The number of hydrogen-bond acceptors (Lipinski definition) is 4. The van der Waals surface area contributed by atoms with Gasteiger partial charge in [-0.25, -0.2) is 4.79 Å². The lowest BCUT2D eigenvalue weighted by Gasteiger charge is -2.06. The summed E-state index contributed by atoms with van der Waals surface area (Å²) in [4.78, 5) is 10.7. The summed E-state index contributed by atoms with van der Waals surface area (Å²) >= 11 is 5.93. The minimum absolute atomic E-state index is 0.0231. The topological polar surface area (TPSA) is 83.6 Å². The molecule has 2 rings (SSSR count). The van der Waals surface area contributed by atoms with Gasteiger partial charge in [-0.3, -0.25) is 0 Å². The van der Waals surface area contributed by atoms with Gasteiger partial charge in [0.1, 0.15) is 5.75 Å². The number of nitrogens with zero attached hydrogens (tertiary/aromatic N) is 1. The number of carboxylic acids is 1. The summed E-state index contributed by atoms with van der Waals surface area (Å²) in [6.45, 7) is 1.87. The van der Waals surface area contributed by atoms with Crippen LogP contribution in [-0.2, 0) is 6.42 Å². The van der Waals surface area contributed by atoms with Gasteiger partial charge in [-0.05, 0) is 24.1 Å². The highest BCUT2D eigenvalue weighted by Crippen LogP contribution is 2.35. The Kier molecular flexibility index (Phi) is 3.25. The van der Waals surface area contributed by atoms with Crippen molar-refractivity contribution in [1.29, 1.82) is 0 Å². The molecule has 0 fully saturated rings. The van der Waals surface area contributed by atoms with Crippen LogP contribution in [0, 0.1) is 0 Å². The number of aromatic nitrogens is 1. The van der Waals surface area contributed by atoms with E-state index in [0.29, 0.717) is 22.6 Å². The molecule has 1 aromatic carbocycles. The van der Waals surface area contributed by atoms with Crippen molar-refractivity contribution < 1.29 is 19.5 Å². The summed E-state index contributed by atoms with van der Waals surface area (Å²) in [7, 11) is 0. The van der Waals surface area contributed by atoms with Gasteiger partial charge in [-0.1, -0.05) is 23.7 Å². The lowest BCUT2D eigenvalue weighted by Crippen LogP contribution is -1.94. The van der Waals surface area contributed by atoms with Gasteiger partial charge in [0.15, 0.2) is 11.5 Å². The standard InChI is InChI=1S/C12H10ClNO4/c1-2-6-3-7(13)4-8(11(6)15)10-5-9(12(16)17)14-18-10/h3-5,15H,2H2,1H3,(H,16,17). The third kappa shape index (κ3) is 2.17. The second-order valence-electron chi connectivity index (χ2n) is 3.70. The first-order chi connectivity index (χ1) is 8.52. The average Bonchev–Trinajstić information content (AvgIpc) is 2.81. The van der Waals surface area contributed by atoms with Gasteiger partial charge in [0.25, 0.3) is 0 Å². The second kappa shape index (κ2) is 4.70. The molecule has 94 valence electrons. The fourth-order valence-electron chi connectivity index (χ4n) is 1.62. The van der Waals surface area contributed by atoms with Crippen molar-refractivity contribution >= 4 is 17.6 Å². The summed E-state index contributed by atoms with van der Waals surface area (Å²) in [5.41, 5.74) is 0.771. The minimum atomic E-state index is -1.19. The van der Waals surface area contributed by atoms with E-state index in [1.807, 2.05) is 6.92 Å². The molecule has 0 saturated carbocycles. The maximum atomic E-state index is 10.7. The van der Waals surface area contributed by atoms with E-state index >= 15 is 0 Å². The third-order valence-electron chi connectivity index (χ3n) is 2.53. The summed E-state index contributed by atoms with van der Waals surface area (Å²) in [6.07, 6.45) is 0.597. The first-order valence-corrected chi connectivity index (χ1v) is 5.62. The molecule has 0 spiro atoms. The molecule has 0 aliphatic carbocycles. The molecule has 2 aromatic rings. The number of phenols is 1. The molecule has 2 N–H and O–H groups in total. The van der Waals surface area contributed by atoms with Gasteiger partial charge >= 0.3 is 5.97 Å². The molecular weight excluding hydrogens is 258 g/mol. The fourth-order valence-corrected chi connectivity index (χ4v) is 1.86. The summed E-state index contributed by atoms with van der Waals surface area (Å²) < 4.78 is 4.90. The third-order valence-corrected chi connectivity index (χ3v) is 2.75. The number of aryl methyl sites for hydroxylation is 1. The van der Waals surface area contributed by atoms with E-state index in [0.717, 1.165) is 0 Å². The Morgan fingerprint density at radius 3 is 2.72 bits per heavy atom. The fraction of sp³-hybridized carbons (Fsp3) is 0.167. The molecule has 0 saturated heterocycles. The molecule has 0 amide bonds. The SMILES string of the molecule is CCc1cc(Cl)cc(-c2cc(C(=O)O)no2)c1O. The van der Waals surface area contributed by atoms with Crippen LogP contribution in [0.4, 0.5) is 0 Å². The van der Waals surface area contributed by atoms with Crippen molar-refractivity contribution in [1.82, 2.24) is 5.16 Å². The van der Waals surface area contributed by atoms with Crippen molar-refractivity contribution in [3.05, 3.63) is 34.5 Å². The molecule has 0 aliphatic rings. The number of halogens is 1. The predicted octanol–water partition coefficient (Wildman–Crippen LogP) is 2.96. The molecule has 6 heteroatoms. The zero-order chi connectivity index (χ0) is 13.3. The smallest absolute Gasteiger partial charge is 0.358 e. The predicted molar refractivity (Wildman–Crippen MR) is 65.0 cm³/mol. The van der Waals surface area contributed by atoms with Gasteiger partial charge in [0.2, 0.25) is 0 Å². The highest BCUT2D eigenvalue weighted by atomic mass is 35.5. The monoisotopic (exact) mass is 267 g/mol. The van der Waals surface area contributed by atoms with Gasteiger partial charge in [-0.2, -0.15) is 0 Å². The molecular formula is C12H10ClNO4. The van der Waals surface area contributed by atoms with Crippen molar-refractivity contribution in [3.8, 4) is 17.1 Å². The summed E-state index contributed by atoms with van der Waals surface area (Å²) in [5.74, 6) is -1.00. The summed E-state index contributed by atoms with van der Waals surface area (Å²) in [5, 5.41) is 22.6. The number of carboxylic acid groups (broad SMARTS) is 1. The molecule has 1 heterocycles. The molecule has 0 atom stereocenters. The Balaban J connectivity index is 2.55. The molecule has 18 heavy (non-hydrogen) atoms. The lowest BCUT2D eigenvalue weighted by atomic mass is 10.0. The van der Waals surface area contributed by atoms with Crippen molar-refractivity contribution in [2.45, 2.75) is 13.3 Å². The Labute approximate surface area is 108 Å². The maximum absolute atomic E-state index is 10.7. The van der Waals surface area contributed by atoms with Crippen LogP contribution in [0.3, 0.4) is 0 Å². The molecule has 0 unspecified atom stereocenters. The van der Waals surface area contributed by atoms with E-state index in [1.165, 1.54) is 12.1 Å². The highest BCUT2D eigenvalue weighted by molar-refractivity contribution is 6.31. The number of aromatic carboxylic acids is 1. The van der Waals surface area contributed by atoms with Crippen molar-refractivity contribution in [2.75, 3.05) is 0 Å². The van der Waals surface area contributed by atoms with Crippen molar-refractivity contribution in [2.24, 2.45) is 0 Å². The van der Waals surface area contributed by atoms with Crippen LogP contribution in [0.15, 0.2) is 22.7 Å². The first kappa shape index (κ1) is 12.4. The van der Waals surface area contributed by atoms with Crippen LogP contribution in [0.5, 0.6) is 5.75 Å². The number of benzene rings is 1. The zero-order valence-corrected chi connectivity index (χ0v) is 10.2. The molecule has 1 aromatic heterocycles. The molecule has 0 radical (unpaired) electrons. The van der Waals surface area contributed by atoms with Crippen LogP contribution in [-0.4, -0.2) is 21.3 Å². The Morgan fingerprint density at radius 1 is 1.44 bits per heavy atom. The zero-order valence-electron chi connectivity index (χ0n) is 9.48.